The van der Waals surface area contributed by atoms with Crippen molar-refractivity contribution in [1.82, 2.24) is 0 Å². The Labute approximate surface area is 70.5 Å². The molecule has 1 aromatic rings. The van der Waals surface area contributed by atoms with Crippen LogP contribution in [0.3, 0.4) is 0 Å². The van der Waals surface area contributed by atoms with Crippen LogP contribution in [-0.2, 0) is 6.42 Å². The molecule has 0 heterocycles. The molecule has 1 aliphatic rings. The molecule has 0 radical (unpaired) electrons. The molecule has 1 unspecified atom stereocenters. The third-order valence-electron chi connectivity index (χ3n) is 2.33. The number of fused-ring (bicyclic) bond motifs is 1. The molecule has 0 bridgehead atoms. The largest absolute Gasteiger partial charge is 0.409 e. The van der Waals surface area contributed by atoms with E-state index in [4.69, 9.17) is 10.9 Å². The first-order chi connectivity index (χ1) is 5.83. The third-order valence-corrected chi connectivity index (χ3v) is 2.33. The molecule has 0 spiro atoms. The van der Waals surface area contributed by atoms with E-state index in [9.17, 15) is 0 Å². The van der Waals surface area contributed by atoms with Gasteiger partial charge < -0.3 is 10.9 Å². The summed E-state index contributed by atoms with van der Waals surface area (Å²) >= 11 is 0. The van der Waals surface area contributed by atoms with Gasteiger partial charge in [0.05, 0.1) is 0 Å². The standard InChI is InChI=1S/C9H10N2O/c10-9(11-12)8-5-6-3-1-2-4-7(6)8/h1-4,8,12H,5H2,(H2,10,11). The lowest BCUT2D eigenvalue weighted by molar-refractivity contribution is 0.315. The first-order valence-corrected chi connectivity index (χ1v) is 3.88. The summed E-state index contributed by atoms with van der Waals surface area (Å²) in [6, 6.07) is 8.05. The average Bonchev–Trinajstić information content (AvgIpc) is 2.07. The van der Waals surface area contributed by atoms with Crippen LogP contribution in [0.2, 0.25) is 0 Å². The van der Waals surface area contributed by atoms with E-state index < -0.39 is 0 Å². The first-order valence-electron chi connectivity index (χ1n) is 3.88. The second kappa shape index (κ2) is 2.52. The summed E-state index contributed by atoms with van der Waals surface area (Å²) in [4.78, 5) is 0. The van der Waals surface area contributed by atoms with E-state index in [-0.39, 0.29) is 5.92 Å². The molecule has 3 nitrogen and oxygen atoms in total. The second-order valence-corrected chi connectivity index (χ2v) is 2.98. The summed E-state index contributed by atoms with van der Waals surface area (Å²) in [5, 5.41) is 11.5. The number of oxime groups is 1. The van der Waals surface area contributed by atoms with Crippen molar-refractivity contribution in [3.63, 3.8) is 0 Å². The van der Waals surface area contributed by atoms with E-state index in [0.717, 1.165) is 6.42 Å². The zero-order chi connectivity index (χ0) is 8.55. The quantitative estimate of drug-likeness (QED) is 0.281. The van der Waals surface area contributed by atoms with Gasteiger partial charge in [-0.3, -0.25) is 0 Å². The molecular weight excluding hydrogens is 152 g/mol. The lowest BCUT2D eigenvalue weighted by Gasteiger charge is -2.28. The van der Waals surface area contributed by atoms with Crippen LogP contribution in [0.1, 0.15) is 17.0 Å². The van der Waals surface area contributed by atoms with Crippen LogP contribution in [0.5, 0.6) is 0 Å². The van der Waals surface area contributed by atoms with Gasteiger partial charge in [-0.15, -0.1) is 0 Å². The maximum absolute atomic E-state index is 8.46. The molecule has 62 valence electrons. The van der Waals surface area contributed by atoms with Gasteiger partial charge in [0.15, 0.2) is 0 Å². The summed E-state index contributed by atoms with van der Waals surface area (Å²) in [6.07, 6.45) is 0.895. The molecule has 3 heteroatoms. The fourth-order valence-corrected chi connectivity index (χ4v) is 1.59. The van der Waals surface area contributed by atoms with Crippen molar-refractivity contribution in [2.75, 3.05) is 0 Å². The molecule has 0 amide bonds. The van der Waals surface area contributed by atoms with Gasteiger partial charge in [-0.2, -0.15) is 0 Å². The van der Waals surface area contributed by atoms with E-state index in [0.29, 0.717) is 5.84 Å². The highest BCUT2D eigenvalue weighted by Crippen LogP contribution is 2.34. The van der Waals surface area contributed by atoms with Crippen molar-refractivity contribution in [2.24, 2.45) is 10.9 Å². The normalized spacial score (nSPS) is 21.3. The Balaban J connectivity index is 2.31. The summed E-state index contributed by atoms with van der Waals surface area (Å²) < 4.78 is 0. The minimum Gasteiger partial charge on any atom is -0.409 e. The first kappa shape index (κ1) is 7.16. The van der Waals surface area contributed by atoms with Crippen LogP contribution in [0.4, 0.5) is 0 Å². The summed E-state index contributed by atoms with van der Waals surface area (Å²) in [5.74, 6) is 0.444. The van der Waals surface area contributed by atoms with Gasteiger partial charge in [0.2, 0.25) is 0 Å². The fourth-order valence-electron chi connectivity index (χ4n) is 1.59. The van der Waals surface area contributed by atoms with Crippen LogP contribution in [0, 0.1) is 0 Å². The van der Waals surface area contributed by atoms with Gasteiger partial charge >= 0.3 is 0 Å². The molecule has 1 atom stereocenters. The van der Waals surface area contributed by atoms with Gasteiger partial charge in [-0.05, 0) is 17.5 Å². The molecule has 0 saturated carbocycles. The van der Waals surface area contributed by atoms with Gasteiger partial charge in [0.25, 0.3) is 0 Å². The van der Waals surface area contributed by atoms with E-state index >= 15 is 0 Å². The van der Waals surface area contributed by atoms with E-state index in [2.05, 4.69) is 11.2 Å². The molecule has 0 aromatic heterocycles. The highest BCUT2D eigenvalue weighted by atomic mass is 16.4. The molecule has 2 rings (SSSR count). The molecule has 1 aliphatic carbocycles. The molecule has 0 fully saturated rings. The van der Waals surface area contributed by atoms with Crippen molar-refractivity contribution in [1.29, 1.82) is 0 Å². The van der Waals surface area contributed by atoms with E-state index in [1.807, 2.05) is 18.2 Å². The Hall–Kier alpha value is -1.51. The Morgan fingerprint density at radius 1 is 1.50 bits per heavy atom. The van der Waals surface area contributed by atoms with Crippen LogP contribution >= 0.6 is 0 Å². The summed E-state index contributed by atoms with van der Waals surface area (Å²) in [6.45, 7) is 0. The lowest BCUT2D eigenvalue weighted by Crippen LogP contribution is -2.30. The third kappa shape index (κ3) is 0.863. The SMILES string of the molecule is N/C(=N\O)C1Cc2ccccc21. The summed E-state index contributed by atoms with van der Waals surface area (Å²) in [5.41, 5.74) is 7.98. The zero-order valence-electron chi connectivity index (χ0n) is 6.57. The highest BCUT2D eigenvalue weighted by Gasteiger charge is 2.28. The van der Waals surface area contributed by atoms with Crippen LogP contribution in [0.25, 0.3) is 0 Å². The van der Waals surface area contributed by atoms with Gasteiger partial charge in [0.1, 0.15) is 5.84 Å². The molecule has 12 heavy (non-hydrogen) atoms. The number of benzene rings is 1. The van der Waals surface area contributed by atoms with Crippen molar-refractivity contribution in [3.8, 4) is 0 Å². The van der Waals surface area contributed by atoms with Crippen molar-refractivity contribution < 1.29 is 5.21 Å². The van der Waals surface area contributed by atoms with Crippen LogP contribution < -0.4 is 5.73 Å². The maximum Gasteiger partial charge on any atom is 0.147 e. The number of nitrogens with zero attached hydrogens (tertiary/aromatic N) is 1. The van der Waals surface area contributed by atoms with Crippen LogP contribution in [0.15, 0.2) is 29.4 Å². The molecule has 0 aliphatic heterocycles. The predicted molar refractivity (Wildman–Crippen MR) is 46.3 cm³/mol. The lowest BCUT2D eigenvalue weighted by atomic mass is 9.77. The Morgan fingerprint density at radius 2 is 2.25 bits per heavy atom. The molecule has 3 N–H and O–H groups in total. The van der Waals surface area contributed by atoms with Crippen molar-refractivity contribution in [2.45, 2.75) is 12.3 Å². The minimum absolute atomic E-state index is 0.131. The number of rotatable bonds is 1. The fraction of sp³-hybridized carbons (Fsp3) is 0.222. The predicted octanol–water partition coefficient (Wildman–Crippen LogP) is 1.07. The number of nitrogens with two attached hydrogens (primary N) is 1. The molecule has 0 saturated heterocycles. The Kier molecular flexibility index (Phi) is 1.50. The Bertz CT molecular complexity index is 333. The molecular formula is C9H10N2O. The van der Waals surface area contributed by atoms with Crippen LogP contribution in [-0.4, -0.2) is 11.0 Å². The average molecular weight is 162 g/mol. The van der Waals surface area contributed by atoms with Gasteiger partial charge in [-0.25, -0.2) is 0 Å². The summed E-state index contributed by atoms with van der Waals surface area (Å²) in [7, 11) is 0. The van der Waals surface area contributed by atoms with Crippen molar-refractivity contribution in [3.05, 3.63) is 35.4 Å². The topological polar surface area (TPSA) is 58.6 Å². The zero-order valence-corrected chi connectivity index (χ0v) is 6.57. The van der Waals surface area contributed by atoms with E-state index in [1.165, 1.54) is 11.1 Å². The molecule has 1 aromatic carbocycles. The smallest absolute Gasteiger partial charge is 0.147 e. The van der Waals surface area contributed by atoms with E-state index in [1.54, 1.807) is 0 Å². The number of hydrogen-bond donors (Lipinski definition) is 2. The van der Waals surface area contributed by atoms with Gasteiger partial charge in [-0.1, -0.05) is 29.4 Å². The van der Waals surface area contributed by atoms with Crippen molar-refractivity contribution >= 4 is 5.84 Å². The monoisotopic (exact) mass is 162 g/mol. The second-order valence-electron chi connectivity index (χ2n) is 2.98. The van der Waals surface area contributed by atoms with Gasteiger partial charge in [0, 0.05) is 5.92 Å². The maximum atomic E-state index is 8.46. The number of hydrogen-bond acceptors (Lipinski definition) is 2. The Morgan fingerprint density at radius 3 is 2.92 bits per heavy atom. The highest BCUT2D eigenvalue weighted by molar-refractivity contribution is 5.89. The number of amidine groups is 1. The minimum atomic E-state index is 0.131.